The molecule has 4 nitrogen and oxygen atoms in total. The van der Waals surface area contributed by atoms with Crippen molar-refractivity contribution < 1.29 is 0 Å². The van der Waals surface area contributed by atoms with Crippen molar-refractivity contribution in [1.29, 1.82) is 0 Å². The van der Waals surface area contributed by atoms with Crippen molar-refractivity contribution in [1.82, 2.24) is 20.0 Å². The van der Waals surface area contributed by atoms with E-state index in [1.54, 1.807) is 11.3 Å². The van der Waals surface area contributed by atoms with Gasteiger partial charge in [0, 0.05) is 55.1 Å². The van der Waals surface area contributed by atoms with Crippen LogP contribution in [0.3, 0.4) is 0 Å². The number of hydrogen-bond donors (Lipinski definition) is 2. The zero-order valence-corrected chi connectivity index (χ0v) is 12.2. The average molecular weight is 266 g/mol. The number of nitrogens with zero attached hydrogens (tertiary/aromatic N) is 2. The third-order valence-electron chi connectivity index (χ3n) is 2.73. The van der Waals surface area contributed by atoms with E-state index in [4.69, 9.17) is 0 Å². The van der Waals surface area contributed by atoms with Crippen LogP contribution in [0.15, 0.2) is 17.8 Å². The van der Waals surface area contributed by atoms with E-state index in [1.807, 2.05) is 12.4 Å². The molecule has 2 aromatic rings. The summed E-state index contributed by atoms with van der Waals surface area (Å²) >= 11 is 1.70. The number of rotatable bonds is 6. The first-order valence-electron chi connectivity index (χ1n) is 6.41. The van der Waals surface area contributed by atoms with Crippen LogP contribution in [0.2, 0.25) is 0 Å². The second-order valence-corrected chi connectivity index (χ2v) is 6.32. The minimum absolute atomic E-state index is 0.206. The van der Waals surface area contributed by atoms with E-state index in [0.29, 0.717) is 0 Å². The Morgan fingerprint density at radius 1 is 1.28 bits per heavy atom. The standard InChI is InChI=1S/C13H22N4S/c1-13(2,3)16-7-6-14-5-4-11-10-18-12-15-8-9-17(11)12/h8-10,14,16H,4-7H2,1-3H3. The fraction of sp³-hybridized carbons (Fsp3) is 0.615. The maximum Gasteiger partial charge on any atom is 0.193 e. The fourth-order valence-corrected chi connectivity index (χ4v) is 2.71. The van der Waals surface area contributed by atoms with Crippen molar-refractivity contribution in [2.24, 2.45) is 0 Å². The van der Waals surface area contributed by atoms with Crippen LogP contribution in [0.1, 0.15) is 26.5 Å². The molecule has 0 amide bonds. The van der Waals surface area contributed by atoms with Crippen molar-refractivity contribution in [3.05, 3.63) is 23.5 Å². The van der Waals surface area contributed by atoms with Gasteiger partial charge in [-0.25, -0.2) is 4.98 Å². The molecule has 0 aliphatic heterocycles. The number of hydrogen-bond acceptors (Lipinski definition) is 4. The van der Waals surface area contributed by atoms with E-state index in [1.165, 1.54) is 5.69 Å². The summed E-state index contributed by atoms with van der Waals surface area (Å²) in [5, 5.41) is 9.12. The molecule has 0 saturated heterocycles. The van der Waals surface area contributed by atoms with E-state index in [2.05, 4.69) is 46.2 Å². The van der Waals surface area contributed by atoms with Crippen LogP contribution < -0.4 is 10.6 Å². The largest absolute Gasteiger partial charge is 0.315 e. The highest BCUT2D eigenvalue weighted by molar-refractivity contribution is 7.15. The molecule has 0 aliphatic carbocycles. The van der Waals surface area contributed by atoms with Crippen molar-refractivity contribution >= 4 is 16.3 Å². The second kappa shape index (κ2) is 5.82. The highest BCUT2D eigenvalue weighted by Gasteiger charge is 2.07. The molecule has 0 unspecified atom stereocenters. The zero-order valence-electron chi connectivity index (χ0n) is 11.4. The monoisotopic (exact) mass is 266 g/mol. The highest BCUT2D eigenvalue weighted by Crippen LogP contribution is 2.14. The molecule has 2 rings (SSSR count). The minimum atomic E-state index is 0.206. The van der Waals surface area contributed by atoms with Gasteiger partial charge in [-0.3, -0.25) is 4.40 Å². The van der Waals surface area contributed by atoms with Gasteiger partial charge in [0.05, 0.1) is 0 Å². The summed E-state index contributed by atoms with van der Waals surface area (Å²) in [4.78, 5) is 5.36. The summed E-state index contributed by atoms with van der Waals surface area (Å²) in [7, 11) is 0. The Balaban J connectivity index is 1.66. The topological polar surface area (TPSA) is 41.4 Å². The van der Waals surface area contributed by atoms with Gasteiger partial charge in [-0.05, 0) is 20.8 Å². The number of aromatic nitrogens is 2. The first-order chi connectivity index (χ1) is 8.56. The van der Waals surface area contributed by atoms with Crippen LogP contribution >= 0.6 is 11.3 Å². The van der Waals surface area contributed by atoms with Crippen LogP contribution in [0.5, 0.6) is 0 Å². The lowest BCUT2D eigenvalue weighted by Crippen LogP contribution is -2.40. The van der Waals surface area contributed by atoms with E-state index in [0.717, 1.165) is 31.0 Å². The lowest BCUT2D eigenvalue weighted by molar-refractivity contribution is 0.422. The van der Waals surface area contributed by atoms with Gasteiger partial charge >= 0.3 is 0 Å². The Bertz CT molecular complexity index is 480. The van der Waals surface area contributed by atoms with Crippen LogP contribution in [-0.2, 0) is 6.42 Å². The molecule has 5 heteroatoms. The van der Waals surface area contributed by atoms with Gasteiger partial charge in [0.25, 0.3) is 0 Å². The molecule has 2 N–H and O–H groups in total. The Kier molecular flexibility index (Phi) is 4.37. The summed E-state index contributed by atoms with van der Waals surface area (Å²) in [6.45, 7) is 9.59. The molecule has 0 fully saturated rings. The van der Waals surface area contributed by atoms with Gasteiger partial charge in [0.15, 0.2) is 4.96 Å². The fourth-order valence-electron chi connectivity index (χ4n) is 1.82. The van der Waals surface area contributed by atoms with E-state index in [9.17, 15) is 0 Å². The Hall–Kier alpha value is -0.910. The van der Waals surface area contributed by atoms with E-state index < -0.39 is 0 Å². The molecule has 0 aromatic carbocycles. The van der Waals surface area contributed by atoms with Gasteiger partial charge in [0.2, 0.25) is 0 Å². The predicted octanol–water partition coefficient (Wildman–Crippen LogP) is 1.92. The molecule has 0 radical (unpaired) electrons. The molecule has 100 valence electrons. The van der Waals surface area contributed by atoms with Crippen LogP contribution in [0.4, 0.5) is 0 Å². The molecule has 0 saturated carbocycles. The molecule has 0 bridgehead atoms. The minimum Gasteiger partial charge on any atom is -0.315 e. The molecule has 0 aliphatic rings. The number of nitrogens with one attached hydrogen (secondary N) is 2. The third-order valence-corrected chi connectivity index (χ3v) is 3.63. The molecular weight excluding hydrogens is 244 g/mol. The normalized spacial score (nSPS) is 12.4. The van der Waals surface area contributed by atoms with Gasteiger partial charge in [-0.2, -0.15) is 0 Å². The lowest BCUT2D eigenvalue weighted by Gasteiger charge is -2.20. The second-order valence-electron chi connectivity index (χ2n) is 5.48. The van der Waals surface area contributed by atoms with Crippen LogP contribution in [0.25, 0.3) is 4.96 Å². The quantitative estimate of drug-likeness (QED) is 0.785. The zero-order chi connectivity index (χ0) is 13.0. The van der Waals surface area contributed by atoms with Crippen LogP contribution in [-0.4, -0.2) is 34.6 Å². The predicted molar refractivity (Wildman–Crippen MR) is 77.4 cm³/mol. The summed E-state index contributed by atoms with van der Waals surface area (Å²) < 4.78 is 2.17. The molecule has 2 heterocycles. The van der Waals surface area contributed by atoms with Crippen molar-refractivity contribution in [2.75, 3.05) is 19.6 Å². The van der Waals surface area contributed by atoms with Gasteiger partial charge in [-0.1, -0.05) is 0 Å². The summed E-state index contributed by atoms with van der Waals surface area (Å²) in [6.07, 6.45) is 4.93. The molecule has 0 atom stereocenters. The molecule has 2 aromatic heterocycles. The first kappa shape index (κ1) is 13.5. The Labute approximate surface area is 112 Å². The van der Waals surface area contributed by atoms with Gasteiger partial charge in [-0.15, -0.1) is 11.3 Å². The van der Waals surface area contributed by atoms with Crippen molar-refractivity contribution in [3.8, 4) is 0 Å². The number of imidazole rings is 1. The maximum absolute atomic E-state index is 4.28. The molecular formula is C13H22N4S. The number of thiazole rings is 1. The van der Waals surface area contributed by atoms with Crippen molar-refractivity contribution in [2.45, 2.75) is 32.7 Å². The van der Waals surface area contributed by atoms with E-state index in [-0.39, 0.29) is 5.54 Å². The van der Waals surface area contributed by atoms with Gasteiger partial charge < -0.3 is 10.6 Å². The van der Waals surface area contributed by atoms with Crippen LogP contribution in [0, 0.1) is 0 Å². The average Bonchev–Trinajstić information content (AvgIpc) is 2.85. The summed E-state index contributed by atoms with van der Waals surface area (Å²) in [5.74, 6) is 0. The molecule has 18 heavy (non-hydrogen) atoms. The van der Waals surface area contributed by atoms with E-state index >= 15 is 0 Å². The highest BCUT2D eigenvalue weighted by atomic mass is 32.1. The molecule has 0 spiro atoms. The maximum atomic E-state index is 4.28. The van der Waals surface area contributed by atoms with Crippen molar-refractivity contribution in [3.63, 3.8) is 0 Å². The SMILES string of the molecule is CC(C)(C)NCCNCCc1csc2nccn12. The Morgan fingerprint density at radius 3 is 2.89 bits per heavy atom. The first-order valence-corrected chi connectivity index (χ1v) is 7.29. The third kappa shape index (κ3) is 3.80. The summed E-state index contributed by atoms with van der Waals surface area (Å²) in [5.41, 5.74) is 1.54. The number of fused-ring (bicyclic) bond motifs is 1. The summed E-state index contributed by atoms with van der Waals surface area (Å²) in [6, 6.07) is 0. The lowest BCUT2D eigenvalue weighted by atomic mass is 10.1. The Morgan fingerprint density at radius 2 is 2.11 bits per heavy atom. The van der Waals surface area contributed by atoms with Gasteiger partial charge in [0.1, 0.15) is 0 Å². The smallest absolute Gasteiger partial charge is 0.193 e.